The van der Waals surface area contributed by atoms with E-state index in [0.717, 1.165) is 61.6 Å². The highest BCUT2D eigenvalue weighted by Gasteiger charge is 2.41. The molecule has 0 amide bonds. The van der Waals surface area contributed by atoms with Gasteiger partial charge in [-0.05, 0) is 159 Å². The third kappa shape index (κ3) is 8.59. The zero-order valence-electron chi connectivity index (χ0n) is 44.2. The van der Waals surface area contributed by atoms with Gasteiger partial charge in [0.15, 0.2) is 11.5 Å². The van der Waals surface area contributed by atoms with E-state index in [1.165, 1.54) is 49.4 Å². The second kappa shape index (κ2) is 20.2. The maximum Gasteiger partial charge on any atom is 0.208 e. The summed E-state index contributed by atoms with van der Waals surface area (Å²) >= 11 is 0. The molecule has 388 valence electrons. The molecular weight excluding hydrogens is 977 g/mol. The predicted octanol–water partition coefficient (Wildman–Crippen LogP) is 17.6. The maximum atomic E-state index is 11.4. The van der Waals surface area contributed by atoms with E-state index in [-0.39, 0.29) is 17.5 Å². The van der Waals surface area contributed by atoms with E-state index in [9.17, 15) is 30.6 Å². The van der Waals surface area contributed by atoms with Crippen LogP contribution in [0.15, 0.2) is 194 Å². The third-order valence-electron chi connectivity index (χ3n) is 16.1. The Balaban J connectivity index is 0.858. The molecule has 0 spiro atoms. The minimum atomic E-state index is -1.02. The van der Waals surface area contributed by atoms with Crippen LogP contribution in [0.25, 0.3) is 46.6 Å². The average molecular weight is 1040 g/mol. The third-order valence-corrected chi connectivity index (χ3v) is 16.1. The summed E-state index contributed by atoms with van der Waals surface area (Å²) in [5.74, 6) is -4.03. The number of rotatable bonds is 12. The Morgan fingerprint density at radius 1 is 0.329 bits per heavy atom. The largest absolute Gasteiger partial charge is 0.507 e. The lowest BCUT2D eigenvalue weighted by atomic mass is 9.78. The van der Waals surface area contributed by atoms with Gasteiger partial charge in [-0.15, -0.1) is 0 Å². The summed E-state index contributed by atoms with van der Waals surface area (Å²) in [5.41, 5.74) is 22.2. The number of para-hydroxylation sites is 2. The standard InChI is InChI=1S/C71H58N2O6/c1-5-53-64(43(3)42(2)44(4)66(53)74)72(49-16-8-6-9-17-49)51-34-28-45(29-35-51)24-26-47-32-38-56-54-20-12-14-22-58(54)62(60(56)40-47)63-59-23-15-13-21-55(59)57-39-33-48(41-61(57)63)27-25-46-30-36-52(37-31-46)73(50-18-10-7-11-19-50)65-67(75)69(77)71(79)70(78)68(65)76/h6-41,62-63,74-79H,5H2,1-4H3. The molecule has 0 fully saturated rings. The fourth-order valence-corrected chi connectivity index (χ4v) is 12.0. The van der Waals surface area contributed by atoms with Crippen molar-refractivity contribution in [2.24, 2.45) is 0 Å². The van der Waals surface area contributed by atoms with E-state index in [1.54, 1.807) is 24.3 Å². The maximum absolute atomic E-state index is 11.4. The lowest BCUT2D eigenvalue weighted by Gasteiger charge is -2.31. The number of phenols is 6. The van der Waals surface area contributed by atoms with Crippen LogP contribution in [0.5, 0.6) is 34.5 Å². The van der Waals surface area contributed by atoms with Crippen LogP contribution in [0.2, 0.25) is 0 Å². The van der Waals surface area contributed by atoms with Crippen LogP contribution >= 0.6 is 0 Å². The van der Waals surface area contributed by atoms with Crippen LogP contribution < -0.4 is 9.80 Å². The van der Waals surface area contributed by atoms with Crippen LogP contribution in [0.1, 0.15) is 85.5 Å². The second-order valence-electron chi connectivity index (χ2n) is 20.5. The van der Waals surface area contributed by atoms with Gasteiger partial charge in [0.05, 0.1) is 5.69 Å². The van der Waals surface area contributed by atoms with Crippen molar-refractivity contribution in [3.63, 3.8) is 0 Å². The predicted molar refractivity (Wildman–Crippen MR) is 321 cm³/mol. The molecule has 12 rings (SSSR count). The van der Waals surface area contributed by atoms with Crippen LogP contribution in [0, 0.1) is 20.8 Å². The van der Waals surface area contributed by atoms with Crippen LogP contribution in [0.4, 0.5) is 34.1 Å². The van der Waals surface area contributed by atoms with Crippen molar-refractivity contribution in [3.8, 4) is 56.8 Å². The number of benzene rings is 10. The SMILES string of the molecule is CCc1c(O)c(C)c(C)c(C)c1N(c1ccccc1)c1ccc(C=Cc2ccc3c(c2)C(C2c4ccccc4-c4ccc(C=Cc5ccc(N(c6ccccc6)c6c(O)c(O)c(O)c(O)c6O)cc5)cc42)c2ccccc2-3)cc1. The Morgan fingerprint density at radius 3 is 1.13 bits per heavy atom. The van der Waals surface area contributed by atoms with Gasteiger partial charge < -0.3 is 40.4 Å². The highest BCUT2D eigenvalue weighted by molar-refractivity contribution is 5.91. The Hall–Kier alpha value is -9.92. The Kier molecular flexibility index (Phi) is 12.8. The van der Waals surface area contributed by atoms with E-state index in [0.29, 0.717) is 23.5 Å². The summed E-state index contributed by atoms with van der Waals surface area (Å²) in [7, 11) is 0. The molecule has 2 aliphatic rings. The molecule has 2 atom stereocenters. The van der Waals surface area contributed by atoms with Crippen LogP contribution in [0.3, 0.4) is 0 Å². The van der Waals surface area contributed by atoms with E-state index < -0.39 is 28.7 Å². The molecule has 0 saturated heterocycles. The van der Waals surface area contributed by atoms with E-state index in [1.807, 2.05) is 49.4 Å². The van der Waals surface area contributed by atoms with E-state index in [2.05, 4.69) is 177 Å². The average Bonchev–Trinajstić information content (AvgIpc) is 4.04. The van der Waals surface area contributed by atoms with Crippen LogP contribution in [-0.4, -0.2) is 30.6 Å². The number of phenolic OH excluding ortho intramolecular Hbond substituents is 6. The first-order chi connectivity index (χ1) is 38.4. The number of aromatic hydroxyl groups is 6. The zero-order chi connectivity index (χ0) is 54.6. The monoisotopic (exact) mass is 1030 g/mol. The first kappa shape index (κ1) is 49.9. The minimum absolute atomic E-state index is 0.0484. The smallest absolute Gasteiger partial charge is 0.208 e. The van der Waals surface area contributed by atoms with Crippen molar-refractivity contribution in [2.75, 3.05) is 9.80 Å². The fourth-order valence-electron chi connectivity index (χ4n) is 12.0. The molecule has 0 aromatic heterocycles. The zero-order valence-corrected chi connectivity index (χ0v) is 44.2. The summed E-state index contributed by atoms with van der Waals surface area (Å²) in [6, 6.07) is 66.7. The molecule has 6 N–H and O–H groups in total. The molecule has 0 heterocycles. The molecule has 0 radical (unpaired) electrons. The Labute approximate surface area is 460 Å². The molecule has 0 saturated carbocycles. The highest BCUT2D eigenvalue weighted by Crippen LogP contribution is 2.60. The van der Waals surface area contributed by atoms with Crippen molar-refractivity contribution in [1.82, 2.24) is 0 Å². The molecule has 8 heteroatoms. The number of anilines is 6. The lowest BCUT2D eigenvalue weighted by Crippen LogP contribution is -2.15. The van der Waals surface area contributed by atoms with E-state index >= 15 is 0 Å². The number of hydrogen-bond donors (Lipinski definition) is 6. The molecule has 0 aliphatic heterocycles. The van der Waals surface area contributed by atoms with Gasteiger partial charge in [-0.25, -0.2) is 0 Å². The quantitative estimate of drug-likeness (QED) is 0.0406. The van der Waals surface area contributed by atoms with Crippen molar-refractivity contribution in [1.29, 1.82) is 0 Å². The Bertz CT molecular complexity index is 4030. The summed E-state index contributed by atoms with van der Waals surface area (Å²) in [6.45, 7) is 8.35. The summed E-state index contributed by atoms with van der Waals surface area (Å²) in [6.07, 6.45) is 9.26. The molecule has 2 aliphatic carbocycles. The molecule has 2 unspecified atom stereocenters. The highest BCUT2D eigenvalue weighted by atomic mass is 16.4. The van der Waals surface area contributed by atoms with Crippen LogP contribution in [-0.2, 0) is 6.42 Å². The summed E-state index contributed by atoms with van der Waals surface area (Å²) in [5, 5.41) is 64.5. The van der Waals surface area contributed by atoms with Crippen molar-refractivity contribution in [3.05, 3.63) is 261 Å². The van der Waals surface area contributed by atoms with Gasteiger partial charge in [-0.1, -0.05) is 177 Å². The summed E-state index contributed by atoms with van der Waals surface area (Å²) in [4.78, 5) is 3.77. The minimum Gasteiger partial charge on any atom is -0.507 e. The van der Waals surface area contributed by atoms with Gasteiger partial charge in [0, 0.05) is 40.1 Å². The molecule has 0 bridgehead atoms. The molecule has 10 aromatic rings. The topological polar surface area (TPSA) is 128 Å². The van der Waals surface area contributed by atoms with Gasteiger partial charge in [0.2, 0.25) is 17.2 Å². The molecule has 8 nitrogen and oxygen atoms in total. The number of fused-ring (bicyclic) bond motifs is 6. The summed E-state index contributed by atoms with van der Waals surface area (Å²) < 4.78 is 0. The molecule has 10 aromatic carbocycles. The lowest BCUT2D eigenvalue weighted by molar-refractivity contribution is 0.329. The van der Waals surface area contributed by atoms with Gasteiger partial charge in [-0.2, -0.15) is 0 Å². The van der Waals surface area contributed by atoms with Gasteiger partial charge in [-0.3, -0.25) is 0 Å². The van der Waals surface area contributed by atoms with E-state index in [4.69, 9.17) is 0 Å². The van der Waals surface area contributed by atoms with Crippen molar-refractivity contribution < 1.29 is 30.6 Å². The normalized spacial score (nSPS) is 14.1. The van der Waals surface area contributed by atoms with Gasteiger partial charge >= 0.3 is 0 Å². The Morgan fingerprint density at radius 2 is 0.684 bits per heavy atom. The number of nitrogens with zero attached hydrogens (tertiary/aromatic N) is 2. The molecule has 79 heavy (non-hydrogen) atoms. The first-order valence-corrected chi connectivity index (χ1v) is 26.6. The van der Waals surface area contributed by atoms with Gasteiger partial charge in [0.1, 0.15) is 11.4 Å². The second-order valence-corrected chi connectivity index (χ2v) is 20.5. The fraction of sp³-hybridized carbons (Fsp3) is 0.0986. The molecular formula is C71H58N2O6. The van der Waals surface area contributed by atoms with Crippen molar-refractivity contribution in [2.45, 2.75) is 46.0 Å². The van der Waals surface area contributed by atoms with Crippen molar-refractivity contribution >= 4 is 58.4 Å². The van der Waals surface area contributed by atoms with Gasteiger partial charge in [0.25, 0.3) is 0 Å². The first-order valence-electron chi connectivity index (χ1n) is 26.6. The number of hydrogen-bond acceptors (Lipinski definition) is 8.